The van der Waals surface area contributed by atoms with Gasteiger partial charge in [-0.2, -0.15) is 0 Å². The predicted octanol–water partition coefficient (Wildman–Crippen LogP) is 3.52. The quantitative estimate of drug-likeness (QED) is 0.663. The molecule has 0 aliphatic carbocycles. The molecule has 0 saturated heterocycles. The average molecular weight is 301 g/mol. The van der Waals surface area contributed by atoms with Crippen LogP contribution in [0.1, 0.15) is 25.5 Å². The zero-order valence-electron chi connectivity index (χ0n) is 8.63. The first-order valence-corrected chi connectivity index (χ1v) is 5.85. The smallest absolute Gasteiger partial charge is 0.0297 e. The maximum atomic E-state index is 3.76. The topological polar surface area (TPSA) is 12.0 Å². The van der Waals surface area contributed by atoms with Crippen LogP contribution in [0.5, 0.6) is 0 Å². The van der Waals surface area contributed by atoms with Crippen LogP contribution < -0.4 is 5.32 Å². The Bertz CT molecular complexity index is 292. The molecule has 0 bridgehead atoms. The van der Waals surface area contributed by atoms with E-state index in [1.165, 1.54) is 9.13 Å². The first kappa shape index (κ1) is 11.7. The van der Waals surface area contributed by atoms with E-state index in [-0.39, 0.29) is 0 Å². The van der Waals surface area contributed by atoms with Gasteiger partial charge in [-0.15, -0.1) is 6.58 Å². The first-order valence-electron chi connectivity index (χ1n) is 4.77. The Hall–Kier alpha value is -0.350. The van der Waals surface area contributed by atoms with E-state index in [2.05, 4.69) is 72.6 Å². The van der Waals surface area contributed by atoms with Gasteiger partial charge in [0, 0.05) is 15.7 Å². The van der Waals surface area contributed by atoms with Crippen molar-refractivity contribution in [3.8, 4) is 0 Å². The molecule has 0 spiro atoms. The molecule has 1 rings (SSSR count). The van der Waals surface area contributed by atoms with Crippen LogP contribution in [0.2, 0.25) is 0 Å². The lowest BCUT2D eigenvalue weighted by Crippen LogP contribution is -2.26. The highest BCUT2D eigenvalue weighted by Gasteiger charge is 2.06. The van der Waals surface area contributed by atoms with Crippen molar-refractivity contribution in [3.05, 3.63) is 46.1 Å². The van der Waals surface area contributed by atoms with Gasteiger partial charge in [-0.05, 0) is 54.1 Å². The molecule has 0 saturated carbocycles. The molecule has 0 aliphatic heterocycles. The van der Waals surface area contributed by atoms with E-state index in [4.69, 9.17) is 0 Å². The average Bonchev–Trinajstić information content (AvgIpc) is 2.18. The molecule has 0 aromatic heterocycles. The third-order valence-electron chi connectivity index (χ3n) is 2.24. The molecule has 1 nitrogen and oxygen atoms in total. The largest absolute Gasteiger partial charge is 0.304 e. The molecule has 2 atom stereocenters. The Morgan fingerprint density at radius 1 is 1.29 bits per heavy atom. The lowest BCUT2D eigenvalue weighted by molar-refractivity contribution is 0.537. The predicted molar refractivity (Wildman–Crippen MR) is 70.4 cm³/mol. The van der Waals surface area contributed by atoms with E-state index >= 15 is 0 Å². The Morgan fingerprint density at radius 2 is 1.86 bits per heavy atom. The maximum Gasteiger partial charge on any atom is 0.0297 e. The molecule has 0 amide bonds. The Morgan fingerprint density at radius 3 is 2.36 bits per heavy atom. The van der Waals surface area contributed by atoms with Crippen LogP contribution in [0.4, 0.5) is 0 Å². The summed E-state index contributed by atoms with van der Waals surface area (Å²) in [6.07, 6.45) is 1.92. The summed E-state index contributed by atoms with van der Waals surface area (Å²) >= 11 is 2.32. The number of halogens is 1. The van der Waals surface area contributed by atoms with Crippen molar-refractivity contribution in [1.82, 2.24) is 5.32 Å². The van der Waals surface area contributed by atoms with Gasteiger partial charge >= 0.3 is 0 Å². The van der Waals surface area contributed by atoms with E-state index in [9.17, 15) is 0 Å². The highest BCUT2D eigenvalue weighted by atomic mass is 127. The van der Waals surface area contributed by atoms with Gasteiger partial charge in [0.05, 0.1) is 0 Å². The van der Waals surface area contributed by atoms with Crippen LogP contribution in [-0.2, 0) is 0 Å². The second-order valence-electron chi connectivity index (χ2n) is 3.46. The minimum Gasteiger partial charge on any atom is -0.304 e. The van der Waals surface area contributed by atoms with Gasteiger partial charge < -0.3 is 5.32 Å². The lowest BCUT2D eigenvalue weighted by Gasteiger charge is -2.17. The van der Waals surface area contributed by atoms with E-state index in [0.717, 1.165) is 0 Å². The minimum atomic E-state index is 0.351. The Labute approximate surface area is 99.7 Å². The number of hydrogen-bond donors (Lipinski definition) is 1. The normalized spacial score (nSPS) is 14.8. The fraction of sp³-hybridized carbons (Fsp3) is 0.333. The van der Waals surface area contributed by atoms with Crippen LogP contribution in [0, 0.1) is 3.57 Å². The third kappa shape index (κ3) is 3.42. The standard InChI is InChI=1S/C12H16IN/c1-4-9(2)14-10(3)11-5-7-12(13)8-6-11/h4-10,14H,1H2,2-3H3. The Balaban J connectivity index is 2.64. The lowest BCUT2D eigenvalue weighted by atomic mass is 10.1. The molecule has 76 valence electrons. The van der Waals surface area contributed by atoms with Crippen molar-refractivity contribution in [2.75, 3.05) is 0 Å². The van der Waals surface area contributed by atoms with Crippen molar-refractivity contribution in [2.45, 2.75) is 25.9 Å². The van der Waals surface area contributed by atoms with Crippen molar-refractivity contribution in [3.63, 3.8) is 0 Å². The van der Waals surface area contributed by atoms with Crippen molar-refractivity contribution < 1.29 is 0 Å². The van der Waals surface area contributed by atoms with Gasteiger partial charge in [0.15, 0.2) is 0 Å². The van der Waals surface area contributed by atoms with E-state index in [1.807, 2.05) is 6.08 Å². The van der Waals surface area contributed by atoms with Gasteiger partial charge in [0.2, 0.25) is 0 Å². The highest BCUT2D eigenvalue weighted by Crippen LogP contribution is 2.14. The zero-order chi connectivity index (χ0) is 10.6. The van der Waals surface area contributed by atoms with E-state index in [0.29, 0.717) is 12.1 Å². The summed E-state index contributed by atoms with van der Waals surface area (Å²) < 4.78 is 1.27. The zero-order valence-corrected chi connectivity index (χ0v) is 10.8. The van der Waals surface area contributed by atoms with Crippen LogP contribution in [-0.4, -0.2) is 6.04 Å². The molecule has 0 radical (unpaired) electrons. The molecule has 2 heteroatoms. The first-order chi connectivity index (χ1) is 6.63. The van der Waals surface area contributed by atoms with Gasteiger partial charge in [0.1, 0.15) is 0 Å². The van der Waals surface area contributed by atoms with Crippen molar-refractivity contribution in [2.24, 2.45) is 0 Å². The molecule has 0 heterocycles. The van der Waals surface area contributed by atoms with Crippen molar-refractivity contribution >= 4 is 22.6 Å². The summed E-state index contributed by atoms with van der Waals surface area (Å²) in [5.74, 6) is 0. The fourth-order valence-corrected chi connectivity index (χ4v) is 1.67. The molecule has 14 heavy (non-hydrogen) atoms. The van der Waals surface area contributed by atoms with Crippen molar-refractivity contribution in [1.29, 1.82) is 0 Å². The molecule has 0 fully saturated rings. The summed E-state index contributed by atoms with van der Waals surface area (Å²) in [6, 6.07) is 9.31. The molecule has 0 aliphatic rings. The van der Waals surface area contributed by atoms with Crippen LogP contribution >= 0.6 is 22.6 Å². The summed E-state index contributed by atoms with van der Waals surface area (Å²) in [6.45, 7) is 8.03. The maximum absolute atomic E-state index is 3.76. The summed E-state index contributed by atoms with van der Waals surface area (Å²) in [5, 5.41) is 3.44. The Kier molecular flexibility index (Phi) is 4.62. The second kappa shape index (κ2) is 5.51. The SMILES string of the molecule is C=CC(C)NC(C)c1ccc(I)cc1. The molecular weight excluding hydrogens is 285 g/mol. The summed E-state index contributed by atoms with van der Waals surface area (Å²) in [5.41, 5.74) is 1.32. The van der Waals surface area contributed by atoms with E-state index < -0.39 is 0 Å². The van der Waals surface area contributed by atoms with Crippen LogP contribution in [0.3, 0.4) is 0 Å². The number of rotatable bonds is 4. The molecule has 1 aromatic rings. The summed E-state index contributed by atoms with van der Waals surface area (Å²) in [4.78, 5) is 0. The highest BCUT2D eigenvalue weighted by molar-refractivity contribution is 14.1. The van der Waals surface area contributed by atoms with Gasteiger partial charge in [-0.25, -0.2) is 0 Å². The summed E-state index contributed by atoms with van der Waals surface area (Å²) in [7, 11) is 0. The second-order valence-corrected chi connectivity index (χ2v) is 4.71. The molecular formula is C12H16IN. The molecule has 2 unspecified atom stereocenters. The minimum absolute atomic E-state index is 0.351. The van der Waals surface area contributed by atoms with Crippen LogP contribution in [0.25, 0.3) is 0 Å². The number of hydrogen-bond acceptors (Lipinski definition) is 1. The third-order valence-corrected chi connectivity index (χ3v) is 2.96. The number of nitrogens with one attached hydrogen (secondary N) is 1. The molecule has 1 aromatic carbocycles. The molecule has 1 N–H and O–H groups in total. The number of benzene rings is 1. The van der Waals surface area contributed by atoms with E-state index in [1.54, 1.807) is 0 Å². The van der Waals surface area contributed by atoms with Gasteiger partial charge in [-0.3, -0.25) is 0 Å². The fourth-order valence-electron chi connectivity index (χ4n) is 1.31. The van der Waals surface area contributed by atoms with Gasteiger partial charge in [-0.1, -0.05) is 18.2 Å². The van der Waals surface area contributed by atoms with Crippen LogP contribution in [0.15, 0.2) is 36.9 Å². The monoisotopic (exact) mass is 301 g/mol. The van der Waals surface area contributed by atoms with Gasteiger partial charge in [0.25, 0.3) is 0 Å².